The topological polar surface area (TPSA) is 38.8 Å². The van der Waals surface area contributed by atoms with Crippen LogP contribution in [0.1, 0.15) is 32.3 Å². The van der Waals surface area contributed by atoms with Crippen molar-refractivity contribution in [1.29, 1.82) is 0 Å². The minimum Gasteiger partial charge on any atom is -0.493 e. The number of methoxy groups -OCH3 is 2. The predicted octanol–water partition coefficient (Wildman–Crippen LogP) is 3.37. The van der Waals surface area contributed by atoms with Crippen LogP contribution in [-0.4, -0.2) is 38.1 Å². The molecule has 0 saturated carbocycles. The number of ether oxygens (including phenoxy) is 2. The first-order chi connectivity index (χ1) is 10.5. The average molecular weight is 303 g/mol. The third-order valence-corrected chi connectivity index (χ3v) is 4.07. The van der Waals surface area contributed by atoms with Gasteiger partial charge in [-0.25, -0.2) is 0 Å². The Labute approximate surface area is 132 Å². The van der Waals surface area contributed by atoms with Crippen molar-refractivity contribution in [2.75, 3.05) is 27.3 Å². The molecule has 1 fully saturated rings. The van der Waals surface area contributed by atoms with E-state index in [1.54, 1.807) is 14.2 Å². The maximum atomic E-state index is 12.5. The normalized spacial score (nSPS) is 19.0. The molecule has 0 aliphatic carbocycles. The Morgan fingerprint density at radius 2 is 2.00 bits per heavy atom. The second-order valence-electron chi connectivity index (χ2n) is 5.94. The molecule has 4 heteroatoms. The van der Waals surface area contributed by atoms with Crippen molar-refractivity contribution in [3.63, 3.8) is 0 Å². The highest BCUT2D eigenvalue weighted by Gasteiger charge is 2.21. The van der Waals surface area contributed by atoms with Crippen LogP contribution in [0.15, 0.2) is 23.8 Å². The van der Waals surface area contributed by atoms with Crippen LogP contribution in [0.5, 0.6) is 11.5 Å². The van der Waals surface area contributed by atoms with E-state index in [9.17, 15) is 4.79 Å². The predicted molar refractivity (Wildman–Crippen MR) is 88.2 cm³/mol. The van der Waals surface area contributed by atoms with Crippen molar-refractivity contribution in [1.82, 2.24) is 4.90 Å². The van der Waals surface area contributed by atoms with Gasteiger partial charge in [-0.15, -0.1) is 0 Å². The molecule has 0 bridgehead atoms. The molecule has 2 rings (SSSR count). The highest BCUT2D eigenvalue weighted by Crippen LogP contribution is 2.28. The van der Waals surface area contributed by atoms with Gasteiger partial charge in [0.25, 0.3) is 0 Å². The molecule has 0 spiro atoms. The van der Waals surface area contributed by atoms with Crippen LogP contribution in [0.4, 0.5) is 0 Å². The minimum absolute atomic E-state index is 0.126. The number of rotatable bonds is 4. The molecule has 1 aliphatic rings. The summed E-state index contributed by atoms with van der Waals surface area (Å²) in [5.41, 5.74) is 1.69. The second-order valence-corrected chi connectivity index (χ2v) is 5.94. The number of likely N-dealkylation sites (tertiary alicyclic amines) is 1. The van der Waals surface area contributed by atoms with Crippen LogP contribution in [0, 0.1) is 5.92 Å². The molecule has 4 nitrogen and oxygen atoms in total. The van der Waals surface area contributed by atoms with E-state index in [0.717, 1.165) is 30.6 Å². The van der Waals surface area contributed by atoms with Crippen molar-refractivity contribution in [2.24, 2.45) is 5.92 Å². The van der Waals surface area contributed by atoms with Gasteiger partial charge in [-0.05, 0) is 49.5 Å². The van der Waals surface area contributed by atoms with Crippen molar-refractivity contribution < 1.29 is 14.3 Å². The maximum Gasteiger partial charge on any atom is 0.249 e. The zero-order valence-electron chi connectivity index (χ0n) is 13.9. The smallest absolute Gasteiger partial charge is 0.249 e. The van der Waals surface area contributed by atoms with E-state index in [2.05, 4.69) is 6.92 Å². The molecule has 1 aliphatic heterocycles. The lowest BCUT2D eigenvalue weighted by molar-refractivity contribution is -0.128. The van der Waals surface area contributed by atoms with Gasteiger partial charge in [0.2, 0.25) is 5.91 Å². The summed E-state index contributed by atoms with van der Waals surface area (Å²) >= 11 is 0. The van der Waals surface area contributed by atoms with E-state index in [1.807, 2.05) is 36.1 Å². The molecule has 1 aromatic rings. The molecular formula is C18H25NO3. The first-order valence-corrected chi connectivity index (χ1v) is 7.74. The van der Waals surface area contributed by atoms with Gasteiger partial charge < -0.3 is 14.4 Å². The average Bonchev–Trinajstić information content (AvgIpc) is 2.53. The molecule has 1 aromatic carbocycles. The Balaban J connectivity index is 2.15. The largest absolute Gasteiger partial charge is 0.493 e. The van der Waals surface area contributed by atoms with Crippen LogP contribution in [0.25, 0.3) is 6.08 Å². The van der Waals surface area contributed by atoms with E-state index < -0.39 is 0 Å². The summed E-state index contributed by atoms with van der Waals surface area (Å²) < 4.78 is 10.5. The number of benzene rings is 1. The summed E-state index contributed by atoms with van der Waals surface area (Å²) in [6, 6.07) is 5.66. The zero-order chi connectivity index (χ0) is 16.1. The third kappa shape index (κ3) is 3.81. The lowest BCUT2D eigenvalue weighted by Gasteiger charge is -2.31. The zero-order valence-corrected chi connectivity index (χ0v) is 13.9. The van der Waals surface area contributed by atoms with Crippen LogP contribution in [0.2, 0.25) is 0 Å². The van der Waals surface area contributed by atoms with E-state index in [1.165, 1.54) is 6.42 Å². The van der Waals surface area contributed by atoms with Gasteiger partial charge in [-0.2, -0.15) is 0 Å². The van der Waals surface area contributed by atoms with Gasteiger partial charge in [-0.3, -0.25) is 4.79 Å². The first-order valence-electron chi connectivity index (χ1n) is 7.74. The Kier molecular flexibility index (Phi) is 5.47. The van der Waals surface area contributed by atoms with E-state index in [4.69, 9.17) is 9.47 Å². The van der Waals surface area contributed by atoms with Crippen LogP contribution in [0.3, 0.4) is 0 Å². The van der Waals surface area contributed by atoms with Gasteiger partial charge in [0.1, 0.15) is 0 Å². The summed E-state index contributed by atoms with van der Waals surface area (Å²) in [5.74, 6) is 2.07. The lowest BCUT2D eigenvalue weighted by Crippen LogP contribution is -2.39. The number of amides is 1. The van der Waals surface area contributed by atoms with Crippen molar-refractivity contribution in [2.45, 2.75) is 26.7 Å². The fraction of sp³-hybridized carbons (Fsp3) is 0.500. The van der Waals surface area contributed by atoms with Crippen molar-refractivity contribution >= 4 is 12.0 Å². The number of carbonyl (C=O) groups is 1. The van der Waals surface area contributed by atoms with E-state index >= 15 is 0 Å². The summed E-state index contributed by atoms with van der Waals surface area (Å²) in [7, 11) is 3.22. The van der Waals surface area contributed by atoms with Gasteiger partial charge >= 0.3 is 0 Å². The summed E-state index contributed by atoms with van der Waals surface area (Å²) in [6.45, 7) is 5.79. The monoisotopic (exact) mass is 303 g/mol. The number of hydrogen-bond acceptors (Lipinski definition) is 3. The molecule has 0 N–H and O–H groups in total. The molecule has 0 radical (unpaired) electrons. The highest BCUT2D eigenvalue weighted by atomic mass is 16.5. The Morgan fingerprint density at radius 3 is 2.64 bits per heavy atom. The molecule has 22 heavy (non-hydrogen) atoms. The molecule has 1 heterocycles. The van der Waals surface area contributed by atoms with Crippen LogP contribution in [-0.2, 0) is 4.79 Å². The number of piperidine rings is 1. The molecule has 120 valence electrons. The SMILES string of the molecule is COc1ccc(/C=C(\C)C(=O)N2CCCC(C)C2)cc1OC. The van der Waals surface area contributed by atoms with Gasteiger partial charge in [-0.1, -0.05) is 13.0 Å². The molecule has 0 aromatic heterocycles. The third-order valence-electron chi connectivity index (χ3n) is 4.07. The number of carbonyl (C=O) groups excluding carboxylic acids is 1. The number of nitrogens with zero attached hydrogens (tertiary/aromatic N) is 1. The van der Waals surface area contributed by atoms with Crippen molar-refractivity contribution in [3.8, 4) is 11.5 Å². The maximum absolute atomic E-state index is 12.5. The lowest BCUT2D eigenvalue weighted by atomic mass is 9.99. The summed E-state index contributed by atoms with van der Waals surface area (Å²) in [4.78, 5) is 14.5. The molecular weight excluding hydrogens is 278 g/mol. The summed E-state index contributed by atoms with van der Waals surface area (Å²) in [5, 5.41) is 0. The van der Waals surface area contributed by atoms with Gasteiger partial charge in [0.05, 0.1) is 14.2 Å². The molecule has 1 unspecified atom stereocenters. The second kappa shape index (κ2) is 7.34. The first kappa shape index (κ1) is 16.4. The molecule has 1 saturated heterocycles. The Hall–Kier alpha value is -1.97. The molecule has 1 amide bonds. The Morgan fingerprint density at radius 1 is 1.27 bits per heavy atom. The number of hydrogen-bond donors (Lipinski definition) is 0. The minimum atomic E-state index is 0.126. The van der Waals surface area contributed by atoms with Crippen LogP contribution < -0.4 is 9.47 Å². The van der Waals surface area contributed by atoms with Gasteiger partial charge in [0, 0.05) is 18.7 Å². The summed E-state index contributed by atoms with van der Waals surface area (Å²) in [6.07, 6.45) is 4.21. The van der Waals surface area contributed by atoms with Crippen molar-refractivity contribution in [3.05, 3.63) is 29.3 Å². The fourth-order valence-corrected chi connectivity index (χ4v) is 2.88. The quantitative estimate of drug-likeness (QED) is 0.801. The van der Waals surface area contributed by atoms with E-state index in [0.29, 0.717) is 17.4 Å². The van der Waals surface area contributed by atoms with Gasteiger partial charge in [0.15, 0.2) is 11.5 Å². The van der Waals surface area contributed by atoms with Crippen LogP contribution >= 0.6 is 0 Å². The standard InChI is InChI=1S/C18H25NO3/c1-13-6-5-9-19(12-13)18(20)14(2)10-15-7-8-16(21-3)17(11-15)22-4/h7-8,10-11,13H,5-6,9,12H2,1-4H3/b14-10+. The molecule has 1 atom stereocenters. The highest BCUT2D eigenvalue weighted by molar-refractivity contribution is 5.97. The van der Waals surface area contributed by atoms with E-state index in [-0.39, 0.29) is 5.91 Å². The fourth-order valence-electron chi connectivity index (χ4n) is 2.88. The Bertz CT molecular complexity index is 565.